The second kappa shape index (κ2) is 8.50. The van der Waals surface area contributed by atoms with Gasteiger partial charge in [-0.15, -0.1) is 24.2 Å². The number of thioether (sulfide) groups is 1. The highest BCUT2D eigenvalue weighted by molar-refractivity contribution is 7.98. The zero-order valence-electron chi connectivity index (χ0n) is 13.5. The lowest BCUT2D eigenvalue weighted by Crippen LogP contribution is -2.43. The van der Waals surface area contributed by atoms with Crippen molar-refractivity contribution >= 4 is 30.1 Å². The van der Waals surface area contributed by atoms with E-state index >= 15 is 0 Å². The molecule has 0 aliphatic carbocycles. The topological polar surface area (TPSA) is 85.2 Å². The van der Waals surface area contributed by atoms with Gasteiger partial charge in [-0.1, -0.05) is 17.3 Å². The molecule has 24 heavy (non-hydrogen) atoms. The van der Waals surface area contributed by atoms with Gasteiger partial charge in [0.15, 0.2) is 5.82 Å². The van der Waals surface area contributed by atoms with Crippen molar-refractivity contribution in [2.24, 2.45) is 5.73 Å². The molecule has 6 nitrogen and oxygen atoms in total. The number of piperidine rings is 1. The Balaban J connectivity index is 0.00000208. The Kier molecular flexibility index (Phi) is 6.65. The first-order valence-electron chi connectivity index (χ1n) is 7.69. The third-order valence-corrected chi connectivity index (χ3v) is 4.92. The van der Waals surface area contributed by atoms with Crippen molar-refractivity contribution in [3.63, 3.8) is 0 Å². The number of hydrogen-bond donors (Lipinski definition) is 1. The quantitative estimate of drug-likeness (QED) is 0.835. The summed E-state index contributed by atoms with van der Waals surface area (Å²) < 4.78 is 5.12. The average Bonchev–Trinajstić information content (AvgIpc) is 2.99. The number of benzene rings is 1. The molecular weight excluding hydrogens is 348 g/mol. The molecule has 2 heterocycles. The summed E-state index contributed by atoms with van der Waals surface area (Å²) in [6.07, 6.45) is 1.73. The van der Waals surface area contributed by atoms with Gasteiger partial charge in [-0.25, -0.2) is 0 Å². The van der Waals surface area contributed by atoms with Gasteiger partial charge in [0.1, 0.15) is 0 Å². The molecule has 130 valence electrons. The normalized spacial score (nSPS) is 15.2. The Morgan fingerprint density at radius 3 is 2.75 bits per heavy atom. The van der Waals surface area contributed by atoms with Crippen molar-refractivity contribution in [3.05, 3.63) is 41.5 Å². The third-order valence-electron chi connectivity index (χ3n) is 3.87. The molecule has 3 rings (SSSR count). The lowest BCUT2D eigenvalue weighted by atomic mass is 10.0. The maximum Gasteiger partial charge on any atom is 0.254 e. The number of carbonyl (C=O) groups excluding carboxylic acids is 1. The van der Waals surface area contributed by atoms with E-state index in [2.05, 4.69) is 10.1 Å². The van der Waals surface area contributed by atoms with E-state index in [4.69, 9.17) is 10.3 Å². The fraction of sp³-hybridized carbons (Fsp3) is 0.438. The average molecular weight is 369 g/mol. The fourth-order valence-corrected chi connectivity index (χ4v) is 3.46. The standard InChI is InChI=1S/C16H20N4O2S.ClH/c1-11-18-15(22-19-11)10-23-14-5-3-2-4-13(14)16(21)20-8-6-12(17)7-9-20;/h2-5,12H,6-10,17H2,1H3;1H. The van der Waals surface area contributed by atoms with E-state index in [0.29, 0.717) is 17.5 Å². The number of amides is 1. The van der Waals surface area contributed by atoms with Crippen LogP contribution in [0, 0.1) is 6.92 Å². The second-order valence-corrected chi connectivity index (χ2v) is 6.67. The predicted molar refractivity (Wildman–Crippen MR) is 95.4 cm³/mol. The van der Waals surface area contributed by atoms with Crippen molar-refractivity contribution in [1.82, 2.24) is 15.0 Å². The van der Waals surface area contributed by atoms with E-state index in [0.717, 1.165) is 36.4 Å². The Hall–Kier alpha value is -1.57. The van der Waals surface area contributed by atoms with E-state index < -0.39 is 0 Å². The predicted octanol–water partition coefficient (Wildman–Crippen LogP) is 2.66. The van der Waals surface area contributed by atoms with Gasteiger partial charge in [0.25, 0.3) is 5.91 Å². The van der Waals surface area contributed by atoms with Crippen LogP contribution in [0.2, 0.25) is 0 Å². The molecule has 1 saturated heterocycles. The van der Waals surface area contributed by atoms with Crippen LogP contribution in [0.25, 0.3) is 0 Å². The van der Waals surface area contributed by atoms with Gasteiger partial charge in [-0.3, -0.25) is 4.79 Å². The van der Waals surface area contributed by atoms with Crippen LogP contribution in [0.15, 0.2) is 33.7 Å². The summed E-state index contributed by atoms with van der Waals surface area (Å²) in [4.78, 5) is 19.8. The van der Waals surface area contributed by atoms with Gasteiger partial charge in [0, 0.05) is 24.0 Å². The number of nitrogens with two attached hydrogens (primary N) is 1. The smallest absolute Gasteiger partial charge is 0.254 e. The monoisotopic (exact) mass is 368 g/mol. The molecule has 8 heteroatoms. The zero-order valence-corrected chi connectivity index (χ0v) is 15.1. The maximum absolute atomic E-state index is 12.8. The van der Waals surface area contributed by atoms with Crippen molar-refractivity contribution < 1.29 is 9.32 Å². The van der Waals surface area contributed by atoms with Crippen LogP contribution in [0.4, 0.5) is 0 Å². The molecule has 0 atom stereocenters. The van der Waals surface area contributed by atoms with Gasteiger partial charge in [0.2, 0.25) is 5.89 Å². The molecule has 2 N–H and O–H groups in total. The molecule has 2 aromatic rings. The first kappa shape index (κ1) is 18.8. The molecule has 0 saturated carbocycles. The molecule has 1 amide bonds. The summed E-state index contributed by atoms with van der Waals surface area (Å²) in [5.41, 5.74) is 6.64. The highest BCUT2D eigenvalue weighted by Crippen LogP contribution is 2.27. The van der Waals surface area contributed by atoms with E-state index in [1.54, 1.807) is 6.92 Å². The Bertz CT molecular complexity index is 686. The van der Waals surface area contributed by atoms with E-state index in [9.17, 15) is 4.79 Å². The van der Waals surface area contributed by atoms with E-state index in [-0.39, 0.29) is 24.4 Å². The van der Waals surface area contributed by atoms with Crippen LogP contribution in [0.1, 0.15) is 34.9 Å². The van der Waals surface area contributed by atoms with E-state index in [1.807, 2.05) is 29.2 Å². The minimum atomic E-state index is 0. The number of carbonyl (C=O) groups is 1. The first-order valence-corrected chi connectivity index (χ1v) is 8.68. The molecule has 0 spiro atoms. The number of halogens is 1. The Morgan fingerprint density at radius 2 is 2.08 bits per heavy atom. The van der Waals surface area contributed by atoms with Crippen LogP contribution in [-0.2, 0) is 5.75 Å². The van der Waals surface area contributed by atoms with Crippen LogP contribution < -0.4 is 5.73 Å². The van der Waals surface area contributed by atoms with Gasteiger partial charge in [-0.05, 0) is 31.9 Å². The lowest BCUT2D eigenvalue weighted by Gasteiger charge is -2.30. The van der Waals surface area contributed by atoms with Crippen LogP contribution in [0.3, 0.4) is 0 Å². The van der Waals surface area contributed by atoms with Crippen molar-refractivity contribution in [3.8, 4) is 0 Å². The first-order chi connectivity index (χ1) is 11.1. The van der Waals surface area contributed by atoms with Gasteiger partial charge >= 0.3 is 0 Å². The zero-order chi connectivity index (χ0) is 16.2. The summed E-state index contributed by atoms with van der Waals surface area (Å²) >= 11 is 1.54. The van der Waals surface area contributed by atoms with Gasteiger partial charge < -0.3 is 15.2 Å². The van der Waals surface area contributed by atoms with Crippen molar-refractivity contribution in [2.45, 2.75) is 36.5 Å². The molecule has 1 aromatic heterocycles. The van der Waals surface area contributed by atoms with Crippen molar-refractivity contribution in [1.29, 1.82) is 0 Å². The number of rotatable bonds is 4. The highest BCUT2D eigenvalue weighted by atomic mass is 35.5. The van der Waals surface area contributed by atoms with Gasteiger partial charge in [-0.2, -0.15) is 4.98 Å². The second-order valence-electron chi connectivity index (χ2n) is 5.65. The highest BCUT2D eigenvalue weighted by Gasteiger charge is 2.23. The summed E-state index contributed by atoms with van der Waals surface area (Å²) in [7, 11) is 0. The lowest BCUT2D eigenvalue weighted by molar-refractivity contribution is 0.0711. The van der Waals surface area contributed by atoms with Crippen LogP contribution in [0.5, 0.6) is 0 Å². The molecule has 0 unspecified atom stereocenters. The number of hydrogen-bond acceptors (Lipinski definition) is 6. The maximum atomic E-state index is 12.8. The molecule has 1 fully saturated rings. The van der Waals surface area contributed by atoms with E-state index in [1.165, 1.54) is 11.8 Å². The molecular formula is C16H21ClN4O2S. The number of nitrogens with zero attached hydrogens (tertiary/aromatic N) is 3. The Morgan fingerprint density at radius 1 is 1.38 bits per heavy atom. The minimum Gasteiger partial charge on any atom is -0.338 e. The summed E-state index contributed by atoms with van der Waals surface area (Å²) in [6.45, 7) is 3.24. The minimum absolute atomic E-state index is 0. The summed E-state index contributed by atoms with van der Waals surface area (Å²) in [5.74, 6) is 1.81. The molecule has 1 aliphatic rings. The number of aromatic nitrogens is 2. The van der Waals surface area contributed by atoms with Gasteiger partial charge in [0.05, 0.1) is 11.3 Å². The molecule has 0 radical (unpaired) electrons. The largest absolute Gasteiger partial charge is 0.338 e. The van der Waals surface area contributed by atoms with Crippen LogP contribution >= 0.6 is 24.2 Å². The molecule has 0 bridgehead atoms. The molecule has 1 aliphatic heterocycles. The van der Waals surface area contributed by atoms with Crippen LogP contribution in [-0.4, -0.2) is 40.1 Å². The third kappa shape index (κ3) is 4.49. The number of likely N-dealkylation sites (tertiary alicyclic amines) is 1. The summed E-state index contributed by atoms with van der Waals surface area (Å²) in [6, 6.07) is 7.87. The summed E-state index contributed by atoms with van der Waals surface area (Å²) in [5, 5.41) is 3.78. The SMILES string of the molecule is Cc1noc(CSc2ccccc2C(=O)N2CCC(N)CC2)n1.Cl. The van der Waals surface area contributed by atoms with Crippen molar-refractivity contribution in [2.75, 3.05) is 13.1 Å². The fourth-order valence-electron chi connectivity index (χ4n) is 2.58. The molecule has 1 aromatic carbocycles. The number of aryl methyl sites for hydroxylation is 1. The Labute approximate surface area is 151 Å².